The van der Waals surface area contributed by atoms with Crippen LogP contribution in [0, 0.1) is 5.92 Å². The number of carbonyl (C=O) groups excluding carboxylic acids is 2. The van der Waals surface area contributed by atoms with Crippen molar-refractivity contribution < 1.29 is 9.59 Å². The first-order valence-corrected chi connectivity index (χ1v) is 5.92. The molecule has 3 heteroatoms. The highest BCUT2D eigenvalue weighted by molar-refractivity contribution is 6.01. The monoisotopic (exact) mass is 233 g/mol. The Bertz CT molecular complexity index is 401. The van der Waals surface area contributed by atoms with Crippen LogP contribution >= 0.6 is 0 Å². The van der Waals surface area contributed by atoms with Crippen LogP contribution in [0.5, 0.6) is 0 Å². The standard InChI is InChI=1S/C14H19NO2/c1-4-11(2)9-15(10-16)14-8-6-5-7-13(14)12(3)17/h5-8,10-11H,4,9H2,1-3H3. The van der Waals surface area contributed by atoms with Gasteiger partial charge in [-0.15, -0.1) is 0 Å². The Kier molecular flexibility index (Phi) is 4.88. The van der Waals surface area contributed by atoms with Crippen LogP contribution in [-0.4, -0.2) is 18.7 Å². The third kappa shape index (κ3) is 3.41. The summed E-state index contributed by atoms with van der Waals surface area (Å²) in [5.74, 6) is 0.400. The van der Waals surface area contributed by atoms with Crippen molar-refractivity contribution in [1.82, 2.24) is 0 Å². The zero-order valence-corrected chi connectivity index (χ0v) is 10.6. The fourth-order valence-electron chi connectivity index (χ4n) is 1.68. The van der Waals surface area contributed by atoms with Crippen molar-refractivity contribution >= 4 is 17.9 Å². The van der Waals surface area contributed by atoms with Crippen LogP contribution in [0.25, 0.3) is 0 Å². The molecule has 92 valence electrons. The molecule has 1 aromatic rings. The van der Waals surface area contributed by atoms with Crippen LogP contribution < -0.4 is 4.90 Å². The third-order valence-electron chi connectivity index (χ3n) is 2.93. The molecule has 1 aromatic carbocycles. The number of para-hydroxylation sites is 1. The van der Waals surface area contributed by atoms with E-state index in [9.17, 15) is 9.59 Å². The largest absolute Gasteiger partial charge is 0.314 e. The molecule has 0 heterocycles. The molecule has 0 aliphatic rings. The first-order chi connectivity index (χ1) is 8.10. The van der Waals surface area contributed by atoms with Gasteiger partial charge in [-0.1, -0.05) is 32.4 Å². The molecule has 0 aromatic heterocycles. The summed E-state index contributed by atoms with van der Waals surface area (Å²) in [7, 11) is 0. The van der Waals surface area contributed by atoms with Gasteiger partial charge in [0.25, 0.3) is 0 Å². The van der Waals surface area contributed by atoms with Crippen LogP contribution in [0.15, 0.2) is 24.3 Å². The van der Waals surface area contributed by atoms with Gasteiger partial charge in [-0.05, 0) is 25.0 Å². The molecule has 1 rings (SSSR count). The van der Waals surface area contributed by atoms with Crippen LogP contribution in [0.2, 0.25) is 0 Å². The molecule has 0 N–H and O–H groups in total. The quantitative estimate of drug-likeness (QED) is 0.559. The number of anilines is 1. The Labute approximate surface area is 102 Å². The van der Waals surface area contributed by atoms with Crippen molar-refractivity contribution in [3.63, 3.8) is 0 Å². The molecule has 0 saturated heterocycles. The Morgan fingerprint density at radius 1 is 1.41 bits per heavy atom. The summed E-state index contributed by atoms with van der Waals surface area (Å²) in [4.78, 5) is 24.3. The number of nitrogens with zero attached hydrogens (tertiary/aromatic N) is 1. The lowest BCUT2D eigenvalue weighted by Crippen LogP contribution is -2.28. The topological polar surface area (TPSA) is 37.4 Å². The third-order valence-corrected chi connectivity index (χ3v) is 2.93. The van der Waals surface area contributed by atoms with Crippen molar-refractivity contribution in [2.75, 3.05) is 11.4 Å². The summed E-state index contributed by atoms with van der Waals surface area (Å²) in [6.45, 7) is 6.34. The number of Topliss-reactive ketones (excluding diaryl/α,β-unsaturated/α-hetero) is 1. The van der Waals surface area contributed by atoms with Crippen molar-refractivity contribution in [1.29, 1.82) is 0 Å². The molecule has 0 aliphatic carbocycles. The van der Waals surface area contributed by atoms with Crippen LogP contribution in [0.1, 0.15) is 37.6 Å². The van der Waals surface area contributed by atoms with Crippen molar-refractivity contribution in [3.8, 4) is 0 Å². The number of rotatable bonds is 6. The number of hydrogen-bond donors (Lipinski definition) is 0. The Balaban J connectivity index is 3.03. The number of benzene rings is 1. The second-order valence-corrected chi connectivity index (χ2v) is 4.34. The maximum Gasteiger partial charge on any atom is 0.214 e. The van der Waals surface area contributed by atoms with Crippen molar-refractivity contribution in [3.05, 3.63) is 29.8 Å². The minimum absolute atomic E-state index is 0.0170. The predicted molar refractivity (Wildman–Crippen MR) is 69.3 cm³/mol. The maximum atomic E-state index is 11.5. The van der Waals surface area contributed by atoms with Gasteiger partial charge in [-0.3, -0.25) is 9.59 Å². The van der Waals surface area contributed by atoms with E-state index in [0.717, 1.165) is 12.8 Å². The van der Waals surface area contributed by atoms with Crippen molar-refractivity contribution in [2.45, 2.75) is 27.2 Å². The van der Waals surface area contributed by atoms with Gasteiger partial charge in [-0.25, -0.2) is 0 Å². The molecule has 0 fully saturated rings. The summed E-state index contributed by atoms with van der Waals surface area (Å²) < 4.78 is 0. The fraction of sp³-hybridized carbons (Fsp3) is 0.429. The van der Waals surface area contributed by atoms with E-state index in [0.29, 0.717) is 23.7 Å². The number of carbonyl (C=O) groups is 2. The zero-order chi connectivity index (χ0) is 12.8. The average Bonchev–Trinajstić information content (AvgIpc) is 2.35. The van der Waals surface area contributed by atoms with E-state index in [1.54, 1.807) is 11.0 Å². The lowest BCUT2D eigenvalue weighted by atomic mass is 10.1. The normalized spacial score (nSPS) is 11.9. The summed E-state index contributed by atoms with van der Waals surface area (Å²) >= 11 is 0. The number of ketones is 1. The Hall–Kier alpha value is -1.64. The Morgan fingerprint density at radius 2 is 2.06 bits per heavy atom. The van der Waals surface area contributed by atoms with Crippen LogP contribution in [0.4, 0.5) is 5.69 Å². The number of amides is 1. The van der Waals surface area contributed by atoms with Gasteiger partial charge in [0.05, 0.1) is 5.69 Å². The summed E-state index contributed by atoms with van der Waals surface area (Å²) in [5, 5.41) is 0. The first kappa shape index (κ1) is 13.4. The lowest BCUT2D eigenvalue weighted by Gasteiger charge is -2.22. The molecule has 0 bridgehead atoms. The zero-order valence-electron chi connectivity index (χ0n) is 10.6. The molecule has 0 aliphatic heterocycles. The molecule has 0 saturated carbocycles. The van der Waals surface area contributed by atoms with Gasteiger partial charge in [0, 0.05) is 12.1 Å². The molecule has 17 heavy (non-hydrogen) atoms. The number of hydrogen-bond acceptors (Lipinski definition) is 2. The molecule has 0 spiro atoms. The van der Waals surface area contributed by atoms with E-state index in [1.807, 2.05) is 18.2 Å². The first-order valence-electron chi connectivity index (χ1n) is 5.92. The molecule has 3 nitrogen and oxygen atoms in total. The summed E-state index contributed by atoms with van der Waals surface area (Å²) in [6.07, 6.45) is 1.81. The highest BCUT2D eigenvalue weighted by Gasteiger charge is 2.14. The van der Waals surface area contributed by atoms with Gasteiger partial charge in [-0.2, -0.15) is 0 Å². The molecular weight excluding hydrogens is 214 g/mol. The van der Waals surface area contributed by atoms with E-state index in [2.05, 4.69) is 13.8 Å². The van der Waals surface area contributed by atoms with E-state index >= 15 is 0 Å². The van der Waals surface area contributed by atoms with E-state index < -0.39 is 0 Å². The second kappa shape index (κ2) is 6.18. The minimum Gasteiger partial charge on any atom is -0.314 e. The van der Waals surface area contributed by atoms with Crippen LogP contribution in [0.3, 0.4) is 0 Å². The maximum absolute atomic E-state index is 11.5. The van der Waals surface area contributed by atoms with E-state index in [4.69, 9.17) is 0 Å². The average molecular weight is 233 g/mol. The highest BCUT2D eigenvalue weighted by atomic mass is 16.1. The van der Waals surface area contributed by atoms with Gasteiger partial charge >= 0.3 is 0 Å². The lowest BCUT2D eigenvalue weighted by molar-refractivity contribution is -0.107. The van der Waals surface area contributed by atoms with Gasteiger partial charge in [0.2, 0.25) is 6.41 Å². The molecule has 1 atom stereocenters. The van der Waals surface area contributed by atoms with Gasteiger partial charge < -0.3 is 4.90 Å². The minimum atomic E-state index is -0.0170. The van der Waals surface area contributed by atoms with Gasteiger partial charge in [0.1, 0.15) is 0 Å². The molecule has 0 radical (unpaired) electrons. The SMILES string of the molecule is CCC(C)CN(C=O)c1ccccc1C(C)=O. The Morgan fingerprint density at radius 3 is 2.59 bits per heavy atom. The predicted octanol–water partition coefficient (Wildman–Crippen LogP) is 2.90. The van der Waals surface area contributed by atoms with E-state index in [-0.39, 0.29) is 5.78 Å². The molecule has 1 amide bonds. The van der Waals surface area contributed by atoms with E-state index in [1.165, 1.54) is 6.92 Å². The second-order valence-electron chi connectivity index (χ2n) is 4.34. The van der Waals surface area contributed by atoms with Gasteiger partial charge in [0.15, 0.2) is 5.78 Å². The van der Waals surface area contributed by atoms with Crippen LogP contribution in [-0.2, 0) is 4.79 Å². The smallest absolute Gasteiger partial charge is 0.214 e. The molecule has 1 unspecified atom stereocenters. The highest BCUT2D eigenvalue weighted by Crippen LogP contribution is 2.21. The molecular formula is C14H19NO2. The fourth-order valence-corrected chi connectivity index (χ4v) is 1.68. The summed E-state index contributed by atoms with van der Waals surface area (Å²) in [6, 6.07) is 7.22. The summed E-state index contributed by atoms with van der Waals surface area (Å²) in [5.41, 5.74) is 1.30. The van der Waals surface area contributed by atoms with Crippen molar-refractivity contribution in [2.24, 2.45) is 5.92 Å².